The SMILES string of the molecule is CCCCCCCC(=O)OC[C@H](COP(=O)(O)OC[C@H](O)COP(=O)(O)OC[C@@H](COC(=O)CCCCCCCCCCCCCCCCCC(C)C)OC(=O)CCCCCCCCCCCCCCCCCCC(C)C)OC(=O)CCCCCCCCC(C)CC. The minimum atomic E-state index is -4.95. The molecule has 0 aromatic rings. The number of carbonyl (C=O) groups is 4. The highest BCUT2D eigenvalue weighted by molar-refractivity contribution is 7.47. The third kappa shape index (κ3) is 65.4. The Morgan fingerprint density at radius 3 is 0.826 bits per heavy atom. The Morgan fingerprint density at radius 1 is 0.315 bits per heavy atom. The molecule has 3 unspecified atom stereocenters. The fourth-order valence-electron chi connectivity index (χ4n) is 11.0. The molecule has 0 bridgehead atoms. The van der Waals surface area contributed by atoms with Gasteiger partial charge >= 0.3 is 39.5 Å². The lowest BCUT2D eigenvalue weighted by atomic mass is 10.00. The fraction of sp³-hybridized carbons (Fsp3) is 0.945. The van der Waals surface area contributed by atoms with Crippen LogP contribution in [-0.4, -0.2) is 96.7 Å². The highest BCUT2D eigenvalue weighted by atomic mass is 31.2. The molecule has 0 spiro atoms. The van der Waals surface area contributed by atoms with Crippen LogP contribution in [0.2, 0.25) is 0 Å². The molecule has 0 aromatic carbocycles. The van der Waals surface area contributed by atoms with E-state index >= 15 is 0 Å². The number of phosphoric acid groups is 2. The number of aliphatic hydroxyl groups excluding tert-OH is 1. The van der Waals surface area contributed by atoms with Crippen LogP contribution in [0.5, 0.6) is 0 Å². The van der Waals surface area contributed by atoms with Crippen LogP contribution in [0, 0.1) is 17.8 Å². The van der Waals surface area contributed by atoms with Crippen LogP contribution < -0.4 is 0 Å². The Labute approximate surface area is 562 Å². The lowest BCUT2D eigenvalue weighted by Crippen LogP contribution is -2.30. The molecule has 0 radical (unpaired) electrons. The molecule has 0 saturated carbocycles. The van der Waals surface area contributed by atoms with Crippen LogP contribution in [0.3, 0.4) is 0 Å². The summed E-state index contributed by atoms with van der Waals surface area (Å²) in [6.45, 7) is 11.8. The number of aliphatic hydroxyl groups is 1. The Balaban J connectivity index is 5.14. The quantitative estimate of drug-likeness (QED) is 0.0222. The molecule has 19 heteroatoms. The number of hydrogen-bond acceptors (Lipinski definition) is 15. The van der Waals surface area contributed by atoms with Gasteiger partial charge in [0.2, 0.25) is 0 Å². The Kier molecular flexibility index (Phi) is 62.4. The van der Waals surface area contributed by atoms with Crippen molar-refractivity contribution in [2.45, 2.75) is 388 Å². The maximum absolute atomic E-state index is 13.1. The summed E-state index contributed by atoms with van der Waals surface area (Å²) in [5.74, 6) is 0.200. The molecule has 0 heterocycles. The first-order chi connectivity index (χ1) is 44.3. The van der Waals surface area contributed by atoms with E-state index in [1.54, 1.807) is 0 Å². The second kappa shape index (κ2) is 63.8. The van der Waals surface area contributed by atoms with Crippen molar-refractivity contribution < 1.29 is 80.2 Å². The highest BCUT2D eigenvalue weighted by Gasteiger charge is 2.30. The van der Waals surface area contributed by atoms with E-state index in [-0.39, 0.29) is 25.7 Å². The maximum Gasteiger partial charge on any atom is 0.472 e. The van der Waals surface area contributed by atoms with Crippen molar-refractivity contribution in [2.24, 2.45) is 17.8 Å². The number of phosphoric ester groups is 2. The van der Waals surface area contributed by atoms with Gasteiger partial charge in [0.05, 0.1) is 26.4 Å². The average Bonchev–Trinajstić information content (AvgIpc) is 3.68. The van der Waals surface area contributed by atoms with Crippen LogP contribution in [0.4, 0.5) is 0 Å². The summed E-state index contributed by atoms with van der Waals surface area (Å²) < 4.78 is 68.1. The van der Waals surface area contributed by atoms with E-state index in [2.05, 4.69) is 48.5 Å². The summed E-state index contributed by atoms with van der Waals surface area (Å²) in [7, 11) is -9.90. The van der Waals surface area contributed by atoms with Crippen LogP contribution >= 0.6 is 15.6 Å². The minimum absolute atomic E-state index is 0.102. The summed E-state index contributed by atoms with van der Waals surface area (Å²) >= 11 is 0. The zero-order chi connectivity index (χ0) is 68.0. The van der Waals surface area contributed by atoms with E-state index in [4.69, 9.17) is 37.0 Å². The third-order valence-corrected chi connectivity index (χ3v) is 19.1. The van der Waals surface area contributed by atoms with Crippen LogP contribution in [-0.2, 0) is 65.4 Å². The predicted molar refractivity (Wildman–Crippen MR) is 372 cm³/mol. The molecule has 92 heavy (non-hydrogen) atoms. The molecule has 0 aliphatic carbocycles. The van der Waals surface area contributed by atoms with Gasteiger partial charge in [0.15, 0.2) is 12.2 Å². The molecule has 0 amide bonds. The molecule has 0 fully saturated rings. The molecule has 17 nitrogen and oxygen atoms in total. The summed E-state index contributed by atoms with van der Waals surface area (Å²) in [5, 5.41) is 10.6. The van der Waals surface area contributed by atoms with E-state index in [1.807, 2.05) is 0 Å². The number of ether oxygens (including phenoxy) is 4. The minimum Gasteiger partial charge on any atom is -0.462 e. The van der Waals surface area contributed by atoms with E-state index in [1.165, 1.54) is 173 Å². The Morgan fingerprint density at radius 2 is 0.554 bits per heavy atom. The Hall–Kier alpha value is -1.94. The van der Waals surface area contributed by atoms with Gasteiger partial charge in [-0.3, -0.25) is 37.3 Å². The second-order valence-corrected chi connectivity index (χ2v) is 30.4. The van der Waals surface area contributed by atoms with Crippen molar-refractivity contribution in [3.63, 3.8) is 0 Å². The van der Waals surface area contributed by atoms with Crippen molar-refractivity contribution in [3.05, 3.63) is 0 Å². The van der Waals surface area contributed by atoms with Crippen molar-refractivity contribution in [2.75, 3.05) is 39.6 Å². The molecule has 0 aromatic heterocycles. The average molecular weight is 1350 g/mol. The fourth-order valence-corrected chi connectivity index (χ4v) is 12.6. The van der Waals surface area contributed by atoms with Crippen molar-refractivity contribution in [1.82, 2.24) is 0 Å². The van der Waals surface area contributed by atoms with E-state index in [9.17, 15) is 43.2 Å². The number of rotatable bonds is 71. The van der Waals surface area contributed by atoms with Crippen molar-refractivity contribution in [1.29, 1.82) is 0 Å². The number of carbonyl (C=O) groups excluding carboxylic acids is 4. The third-order valence-electron chi connectivity index (χ3n) is 17.2. The summed E-state index contributed by atoms with van der Waals surface area (Å²) in [5.41, 5.74) is 0. The largest absolute Gasteiger partial charge is 0.472 e. The van der Waals surface area contributed by atoms with Gasteiger partial charge in [-0.05, 0) is 43.4 Å². The van der Waals surface area contributed by atoms with Gasteiger partial charge in [-0.1, -0.05) is 318 Å². The number of unbranched alkanes of at least 4 members (excludes halogenated alkanes) is 38. The first kappa shape index (κ1) is 90.1. The lowest BCUT2D eigenvalue weighted by Gasteiger charge is -2.21. The highest BCUT2D eigenvalue weighted by Crippen LogP contribution is 2.45. The lowest BCUT2D eigenvalue weighted by molar-refractivity contribution is -0.161. The summed E-state index contributed by atoms with van der Waals surface area (Å²) in [4.78, 5) is 72.3. The topological polar surface area (TPSA) is 237 Å². The Bertz CT molecular complexity index is 1800. The normalized spacial score (nSPS) is 14.4. The van der Waals surface area contributed by atoms with Gasteiger partial charge in [-0.2, -0.15) is 0 Å². The second-order valence-electron chi connectivity index (χ2n) is 27.5. The molecule has 0 saturated heterocycles. The first-order valence-corrected chi connectivity index (χ1v) is 40.9. The van der Waals surface area contributed by atoms with Crippen molar-refractivity contribution in [3.8, 4) is 0 Å². The van der Waals surface area contributed by atoms with E-state index in [0.29, 0.717) is 25.7 Å². The standard InChI is InChI=1S/C73H142O17P2/c1-8-10-11-37-47-54-70(75)83-60-68(90-73(78)57-50-43-36-35-40-46-53-66(7)9-2)62-87-91(79,80)85-58-67(74)59-86-92(81,82)88-63-69(61-84-71(76)55-48-41-33-29-25-21-18-14-16-20-24-28-32-39-45-52-65(5)6)89-72(77)56-49-42-34-30-26-22-17-13-12-15-19-23-27-31-38-44-51-64(3)4/h64-69,74H,8-63H2,1-7H3,(H,79,80)(H,81,82)/t66?,67-,68+,69+/m0/s1. The number of hydrogen-bond donors (Lipinski definition) is 3. The smallest absolute Gasteiger partial charge is 0.462 e. The molecule has 0 aliphatic rings. The molecular weight excluding hydrogens is 1210 g/mol. The first-order valence-electron chi connectivity index (χ1n) is 37.9. The van der Waals surface area contributed by atoms with E-state index in [0.717, 1.165) is 114 Å². The molecule has 546 valence electrons. The zero-order valence-corrected chi connectivity index (χ0v) is 61.8. The monoisotopic (exact) mass is 1350 g/mol. The van der Waals surface area contributed by atoms with E-state index < -0.39 is 97.5 Å². The summed E-state index contributed by atoms with van der Waals surface area (Å²) in [6, 6.07) is 0. The van der Waals surface area contributed by atoms with Gasteiger partial charge in [-0.15, -0.1) is 0 Å². The van der Waals surface area contributed by atoms with Crippen molar-refractivity contribution >= 4 is 39.5 Å². The van der Waals surface area contributed by atoms with Gasteiger partial charge in [0, 0.05) is 25.7 Å². The molecule has 3 N–H and O–H groups in total. The van der Waals surface area contributed by atoms with Gasteiger partial charge < -0.3 is 33.8 Å². The predicted octanol–water partition coefficient (Wildman–Crippen LogP) is 21.0. The maximum atomic E-state index is 13.1. The van der Waals surface area contributed by atoms with Gasteiger partial charge in [-0.25, -0.2) is 9.13 Å². The van der Waals surface area contributed by atoms with Gasteiger partial charge in [0.25, 0.3) is 0 Å². The van der Waals surface area contributed by atoms with Gasteiger partial charge in [0.1, 0.15) is 19.3 Å². The molecule has 6 atom stereocenters. The summed E-state index contributed by atoms with van der Waals surface area (Å²) in [6.07, 6.45) is 49.1. The zero-order valence-electron chi connectivity index (χ0n) is 60.0. The molecule has 0 aliphatic heterocycles. The van der Waals surface area contributed by atoms with Crippen LogP contribution in [0.1, 0.15) is 370 Å². The number of esters is 4. The van der Waals surface area contributed by atoms with Crippen LogP contribution in [0.25, 0.3) is 0 Å². The molecular formula is C73H142O17P2. The molecule has 0 rings (SSSR count). The van der Waals surface area contributed by atoms with Crippen LogP contribution in [0.15, 0.2) is 0 Å².